The van der Waals surface area contributed by atoms with E-state index in [1.807, 2.05) is 36.4 Å². The predicted octanol–water partition coefficient (Wildman–Crippen LogP) is 4.07. The van der Waals surface area contributed by atoms with Crippen molar-refractivity contribution in [2.75, 3.05) is 27.3 Å². The van der Waals surface area contributed by atoms with E-state index < -0.39 is 14.9 Å². The first-order chi connectivity index (χ1) is 15.8. The second-order valence-electron chi connectivity index (χ2n) is 7.71. The zero-order chi connectivity index (χ0) is 23.6. The molecule has 9 heteroatoms. The average Bonchev–Trinajstić information content (AvgIpc) is 2.88. The third-order valence-electron chi connectivity index (χ3n) is 5.83. The van der Waals surface area contributed by atoms with Crippen molar-refractivity contribution in [3.63, 3.8) is 0 Å². The number of non-ortho nitro benzene ring substituents is 1. The first kappa shape index (κ1) is 22.8. The minimum atomic E-state index is -3.86. The maximum Gasteiger partial charge on any atom is 0.269 e. The van der Waals surface area contributed by atoms with E-state index >= 15 is 0 Å². The van der Waals surface area contributed by atoms with Gasteiger partial charge in [0.1, 0.15) is 11.5 Å². The Morgan fingerprint density at radius 1 is 0.879 bits per heavy atom. The lowest BCUT2D eigenvalue weighted by Gasteiger charge is -2.22. The minimum Gasteiger partial charge on any atom is -0.497 e. The second kappa shape index (κ2) is 9.21. The third kappa shape index (κ3) is 4.55. The molecule has 0 aliphatic carbocycles. The number of hydrogen-bond donors (Lipinski definition) is 0. The molecule has 2 aliphatic rings. The monoisotopic (exact) mass is 468 g/mol. The predicted molar refractivity (Wildman–Crippen MR) is 124 cm³/mol. The van der Waals surface area contributed by atoms with E-state index in [-0.39, 0.29) is 23.7 Å². The van der Waals surface area contributed by atoms with Crippen molar-refractivity contribution in [1.82, 2.24) is 4.31 Å². The smallest absolute Gasteiger partial charge is 0.269 e. The summed E-state index contributed by atoms with van der Waals surface area (Å²) in [5.74, 6) is 1.41. The highest BCUT2D eigenvalue weighted by Crippen LogP contribution is 2.36. The molecule has 0 atom stereocenters. The molecular weight excluding hydrogens is 444 g/mol. The molecule has 0 aromatic heterocycles. The van der Waals surface area contributed by atoms with Gasteiger partial charge in [-0.15, -0.1) is 0 Å². The maximum absolute atomic E-state index is 13.4. The maximum atomic E-state index is 13.4. The lowest BCUT2D eigenvalue weighted by Crippen LogP contribution is -2.34. The van der Waals surface area contributed by atoms with Crippen LogP contribution in [-0.2, 0) is 22.9 Å². The molecule has 2 aliphatic heterocycles. The Labute approximate surface area is 192 Å². The van der Waals surface area contributed by atoms with Gasteiger partial charge in [0.25, 0.3) is 5.69 Å². The van der Waals surface area contributed by atoms with Crippen LogP contribution in [0.3, 0.4) is 0 Å². The van der Waals surface area contributed by atoms with Crippen molar-refractivity contribution in [3.8, 4) is 22.6 Å². The van der Waals surface area contributed by atoms with Gasteiger partial charge in [0, 0.05) is 30.8 Å². The molecule has 172 valence electrons. The molecule has 3 aromatic rings. The van der Waals surface area contributed by atoms with Crippen LogP contribution in [0.2, 0.25) is 0 Å². The van der Waals surface area contributed by atoms with Gasteiger partial charge in [-0.2, -0.15) is 4.31 Å². The molecular formula is C24H24N2O6S. The zero-order valence-corrected chi connectivity index (χ0v) is 19.2. The van der Waals surface area contributed by atoms with Crippen molar-refractivity contribution in [1.29, 1.82) is 0 Å². The molecule has 0 saturated carbocycles. The summed E-state index contributed by atoms with van der Waals surface area (Å²) in [5, 5.41) is 11.0. The third-order valence-corrected chi connectivity index (χ3v) is 7.75. The Kier molecular flexibility index (Phi) is 6.35. The van der Waals surface area contributed by atoms with Crippen molar-refractivity contribution in [2.24, 2.45) is 0 Å². The summed E-state index contributed by atoms with van der Waals surface area (Å²) in [6, 6.07) is 16.7. The summed E-state index contributed by atoms with van der Waals surface area (Å²) < 4.78 is 39.3. The summed E-state index contributed by atoms with van der Waals surface area (Å²) >= 11 is 0. The molecule has 0 fully saturated rings. The number of nitrogens with zero attached hydrogens (tertiary/aromatic N) is 2. The number of sulfonamides is 1. The highest BCUT2D eigenvalue weighted by Gasteiger charge is 2.26. The van der Waals surface area contributed by atoms with Crippen molar-refractivity contribution < 1.29 is 22.8 Å². The van der Waals surface area contributed by atoms with Gasteiger partial charge < -0.3 is 9.47 Å². The number of ether oxygens (including phenoxy) is 2. The fraction of sp³-hybridized carbons (Fsp3) is 0.250. The number of methoxy groups -OCH3 is 2. The van der Waals surface area contributed by atoms with E-state index in [0.29, 0.717) is 18.6 Å². The van der Waals surface area contributed by atoms with Gasteiger partial charge in [-0.1, -0.05) is 18.2 Å². The average molecular weight is 469 g/mol. The molecule has 0 saturated heterocycles. The van der Waals surface area contributed by atoms with Crippen LogP contribution < -0.4 is 9.47 Å². The number of fused-ring (bicyclic) bond motifs is 6. The van der Waals surface area contributed by atoms with Crippen LogP contribution in [0.4, 0.5) is 5.69 Å². The topological polar surface area (TPSA) is 99.0 Å². The fourth-order valence-electron chi connectivity index (χ4n) is 4.02. The quantitative estimate of drug-likeness (QED) is 0.414. The molecule has 5 rings (SSSR count). The van der Waals surface area contributed by atoms with Crippen LogP contribution in [-0.4, -0.2) is 45.0 Å². The van der Waals surface area contributed by atoms with Crippen LogP contribution in [0.25, 0.3) is 11.1 Å². The molecule has 33 heavy (non-hydrogen) atoms. The Morgan fingerprint density at radius 2 is 1.58 bits per heavy atom. The van der Waals surface area contributed by atoms with Crippen LogP contribution in [0.15, 0.2) is 65.6 Å². The summed E-state index contributed by atoms with van der Waals surface area (Å²) in [4.78, 5) is 10.4. The summed E-state index contributed by atoms with van der Waals surface area (Å²) in [5.41, 5.74) is 3.63. The van der Waals surface area contributed by atoms with E-state index in [0.717, 1.165) is 28.0 Å². The molecule has 0 radical (unpaired) electrons. The SMILES string of the molecule is COc1ccc2c(c1)CCN(S(=O)(=O)c1ccc([N+](=O)[O-])cc1)CCc1ccc-2c(OC)c1. The number of hydrogen-bond acceptors (Lipinski definition) is 6. The van der Waals surface area contributed by atoms with Gasteiger partial charge >= 0.3 is 0 Å². The number of nitro benzene ring substituents is 1. The molecule has 3 aromatic carbocycles. The number of rotatable bonds is 5. The van der Waals surface area contributed by atoms with Crippen LogP contribution in [0.1, 0.15) is 11.1 Å². The first-order valence-electron chi connectivity index (χ1n) is 10.4. The Balaban J connectivity index is 1.76. The fourth-order valence-corrected chi connectivity index (χ4v) is 5.46. The van der Waals surface area contributed by atoms with Gasteiger partial charge in [-0.3, -0.25) is 10.1 Å². The molecule has 0 unspecified atom stereocenters. The van der Waals surface area contributed by atoms with Crippen molar-refractivity contribution in [2.45, 2.75) is 17.7 Å². The van der Waals surface area contributed by atoms with Crippen LogP contribution in [0.5, 0.6) is 11.5 Å². The van der Waals surface area contributed by atoms with Gasteiger partial charge in [0.15, 0.2) is 0 Å². The van der Waals surface area contributed by atoms with Crippen molar-refractivity contribution in [3.05, 3.63) is 81.9 Å². The lowest BCUT2D eigenvalue weighted by atomic mass is 9.95. The van der Waals surface area contributed by atoms with Crippen LogP contribution >= 0.6 is 0 Å². The van der Waals surface area contributed by atoms with Gasteiger partial charge in [0.05, 0.1) is 24.0 Å². The molecule has 2 heterocycles. The van der Waals surface area contributed by atoms with E-state index in [2.05, 4.69) is 0 Å². The minimum absolute atomic E-state index is 0.0289. The molecule has 2 bridgehead atoms. The van der Waals surface area contributed by atoms with Crippen LogP contribution in [0, 0.1) is 10.1 Å². The molecule has 0 spiro atoms. The number of benzene rings is 3. The highest BCUT2D eigenvalue weighted by molar-refractivity contribution is 7.89. The van der Waals surface area contributed by atoms with Gasteiger partial charge in [0.2, 0.25) is 10.0 Å². The zero-order valence-electron chi connectivity index (χ0n) is 18.4. The molecule has 0 N–H and O–H groups in total. The molecule has 0 amide bonds. The van der Waals surface area contributed by atoms with E-state index in [1.54, 1.807) is 14.2 Å². The standard InChI is InChI=1S/C24H24N2O6S/c1-31-20-6-10-22-18(16-20)12-14-25(13-11-17-3-9-23(22)24(15-17)32-2)33(29,30)21-7-4-19(5-8-21)26(27)28/h3-10,15-16H,11-14H2,1-2H3. The number of nitro groups is 1. The van der Waals surface area contributed by atoms with E-state index in [1.165, 1.54) is 28.6 Å². The first-order valence-corrected chi connectivity index (χ1v) is 11.9. The second-order valence-corrected chi connectivity index (χ2v) is 9.65. The van der Waals surface area contributed by atoms with Crippen molar-refractivity contribution >= 4 is 15.7 Å². The normalized spacial score (nSPS) is 14.2. The summed E-state index contributed by atoms with van der Waals surface area (Å²) in [6.07, 6.45) is 0.963. The Morgan fingerprint density at radius 3 is 2.24 bits per heavy atom. The van der Waals surface area contributed by atoms with Gasteiger partial charge in [-0.25, -0.2) is 8.42 Å². The van der Waals surface area contributed by atoms with E-state index in [9.17, 15) is 18.5 Å². The highest BCUT2D eigenvalue weighted by atomic mass is 32.2. The molecule has 8 nitrogen and oxygen atoms in total. The van der Waals surface area contributed by atoms with Gasteiger partial charge in [-0.05, 0) is 59.9 Å². The lowest BCUT2D eigenvalue weighted by molar-refractivity contribution is -0.384. The summed E-state index contributed by atoms with van der Waals surface area (Å²) in [6.45, 7) is 0.517. The summed E-state index contributed by atoms with van der Waals surface area (Å²) in [7, 11) is -0.643. The largest absolute Gasteiger partial charge is 0.497 e. The Bertz CT molecular complexity index is 1290. The van der Waals surface area contributed by atoms with E-state index in [4.69, 9.17) is 9.47 Å². The Hall–Kier alpha value is -3.43.